The number of hydrogen-bond donors (Lipinski definition) is 1. The summed E-state index contributed by atoms with van der Waals surface area (Å²) in [7, 11) is 0. The first-order valence-electron chi connectivity index (χ1n) is 4.88. The first-order valence-corrected chi connectivity index (χ1v) is 5.63. The quantitative estimate of drug-likeness (QED) is 0.832. The first-order chi connectivity index (χ1) is 6.66. The molecular formula is C11H13Cl2N. The Bertz CT molecular complexity index is 334. The summed E-state index contributed by atoms with van der Waals surface area (Å²) in [6.45, 7) is 2.13. The van der Waals surface area contributed by atoms with Gasteiger partial charge in [0.25, 0.3) is 0 Å². The minimum absolute atomic E-state index is 0.312. The first kappa shape index (κ1) is 10.3. The molecule has 1 atom stereocenters. The van der Waals surface area contributed by atoms with Crippen molar-refractivity contribution in [1.82, 2.24) is 5.32 Å². The van der Waals surface area contributed by atoms with Crippen LogP contribution in [-0.4, -0.2) is 6.04 Å². The standard InChI is InChI=1S/C11H13Cl2N/c1-7(14-9-3-4-9)10-5-2-8(12)6-11(10)13/h2,5-7,9,14H,3-4H2,1H3/t7-/m0/s1. The Morgan fingerprint density at radius 2 is 2.07 bits per heavy atom. The number of benzene rings is 1. The molecule has 1 aliphatic carbocycles. The van der Waals surface area contributed by atoms with Gasteiger partial charge in [0.1, 0.15) is 0 Å². The topological polar surface area (TPSA) is 12.0 Å². The molecule has 0 radical (unpaired) electrons. The van der Waals surface area contributed by atoms with E-state index < -0.39 is 0 Å². The fourth-order valence-corrected chi connectivity index (χ4v) is 2.12. The predicted molar refractivity (Wildman–Crippen MR) is 61.0 cm³/mol. The summed E-state index contributed by atoms with van der Waals surface area (Å²) >= 11 is 11.9. The Labute approximate surface area is 94.4 Å². The molecule has 1 aromatic carbocycles. The molecule has 1 N–H and O–H groups in total. The van der Waals surface area contributed by atoms with Crippen LogP contribution in [0.1, 0.15) is 31.4 Å². The average molecular weight is 230 g/mol. The van der Waals surface area contributed by atoms with E-state index in [1.807, 2.05) is 12.1 Å². The van der Waals surface area contributed by atoms with Crippen LogP contribution in [0, 0.1) is 0 Å². The molecular weight excluding hydrogens is 217 g/mol. The van der Waals surface area contributed by atoms with Crippen molar-refractivity contribution < 1.29 is 0 Å². The highest BCUT2D eigenvalue weighted by atomic mass is 35.5. The van der Waals surface area contributed by atoms with Crippen molar-refractivity contribution in [3.05, 3.63) is 33.8 Å². The van der Waals surface area contributed by atoms with Crippen LogP contribution in [0.4, 0.5) is 0 Å². The smallest absolute Gasteiger partial charge is 0.0468 e. The Balaban J connectivity index is 2.13. The van der Waals surface area contributed by atoms with Crippen molar-refractivity contribution in [2.75, 3.05) is 0 Å². The SMILES string of the molecule is C[C@H](NC1CC1)c1ccc(Cl)cc1Cl. The monoisotopic (exact) mass is 229 g/mol. The highest BCUT2D eigenvalue weighted by Crippen LogP contribution is 2.29. The second-order valence-electron chi connectivity index (χ2n) is 3.83. The van der Waals surface area contributed by atoms with Crippen LogP contribution in [0.2, 0.25) is 10.0 Å². The van der Waals surface area contributed by atoms with Crippen molar-refractivity contribution in [2.24, 2.45) is 0 Å². The molecule has 14 heavy (non-hydrogen) atoms. The van der Waals surface area contributed by atoms with Gasteiger partial charge in [-0.3, -0.25) is 0 Å². The van der Waals surface area contributed by atoms with Crippen molar-refractivity contribution in [3.63, 3.8) is 0 Å². The van der Waals surface area contributed by atoms with Gasteiger partial charge in [-0.25, -0.2) is 0 Å². The summed E-state index contributed by atoms with van der Waals surface area (Å²) in [5.41, 5.74) is 1.13. The van der Waals surface area contributed by atoms with Crippen LogP contribution < -0.4 is 5.32 Å². The zero-order chi connectivity index (χ0) is 10.1. The molecule has 76 valence electrons. The average Bonchev–Trinajstić information content (AvgIpc) is 2.87. The largest absolute Gasteiger partial charge is 0.307 e. The fourth-order valence-electron chi connectivity index (χ4n) is 1.55. The molecule has 1 saturated carbocycles. The lowest BCUT2D eigenvalue weighted by molar-refractivity contribution is 0.571. The van der Waals surface area contributed by atoms with E-state index in [1.165, 1.54) is 12.8 Å². The predicted octanol–water partition coefficient (Wildman–Crippen LogP) is 3.81. The summed E-state index contributed by atoms with van der Waals surface area (Å²) in [6, 6.07) is 6.67. The van der Waals surface area contributed by atoms with E-state index in [-0.39, 0.29) is 0 Å². The van der Waals surface area contributed by atoms with E-state index in [2.05, 4.69) is 12.2 Å². The van der Waals surface area contributed by atoms with Crippen LogP contribution in [0.15, 0.2) is 18.2 Å². The molecule has 1 aliphatic rings. The molecule has 1 nitrogen and oxygen atoms in total. The van der Waals surface area contributed by atoms with Crippen LogP contribution >= 0.6 is 23.2 Å². The molecule has 1 aromatic rings. The van der Waals surface area contributed by atoms with Crippen molar-refractivity contribution in [3.8, 4) is 0 Å². The molecule has 1 fully saturated rings. The van der Waals surface area contributed by atoms with E-state index >= 15 is 0 Å². The molecule has 0 unspecified atom stereocenters. The van der Waals surface area contributed by atoms with Crippen molar-refractivity contribution in [1.29, 1.82) is 0 Å². The van der Waals surface area contributed by atoms with Gasteiger partial charge in [-0.05, 0) is 37.5 Å². The van der Waals surface area contributed by atoms with Crippen molar-refractivity contribution in [2.45, 2.75) is 31.8 Å². The lowest BCUT2D eigenvalue weighted by atomic mass is 10.1. The second kappa shape index (κ2) is 4.09. The minimum atomic E-state index is 0.312. The number of rotatable bonds is 3. The summed E-state index contributed by atoms with van der Waals surface area (Å²) in [6.07, 6.45) is 2.57. The number of halogens is 2. The van der Waals surface area contributed by atoms with E-state index in [0.29, 0.717) is 17.1 Å². The van der Waals surface area contributed by atoms with Crippen LogP contribution in [0.5, 0.6) is 0 Å². The highest BCUT2D eigenvalue weighted by molar-refractivity contribution is 6.35. The van der Waals surface area contributed by atoms with Gasteiger partial charge in [0, 0.05) is 22.1 Å². The van der Waals surface area contributed by atoms with E-state index in [9.17, 15) is 0 Å². The molecule has 0 aliphatic heterocycles. The minimum Gasteiger partial charge on any atom is -0.307 e. The summed E-state index contributed by atoms with van der Waals surface area (Å²) < 4.78 is 0. The number of hydrogen-bond acceptors (Lipinski definition) is 1. The van der Waals surface area contributed by atoms with E-state index in [4.69, 9.17) is 23.2 Å². The van der Waals surface area contributed by atoms with E-state index in [1.54, 1.807) is 6.07 Å². The maximum atomic E-state index is 6.10. The molecule has 3 heteroatoms. The van der Waals surface area contributed by atoms with Gasteiger partial charge in [0.15, 0.2) is 0 Å². The van der Waals surface area contributed by atoms with E-state index in [0.717, 1.165) is 10.6 Å². The molecule has 0 spiro atoms. The van der Waals surface area contributed by atoms with Gasteiger partial charge >= 0.3 is 0 Å². The maximum Gasteiger partial charge on any atom is 0.0468 e. The van der Waals surface area contributed by atoms with Crippen LogP contribution in [-0.2, 0) is 0 Å². The fraction of sp³-hybridized carbons (Fsp3) is 0.455. The Morgan fingerprint density at radius 1 is 1.36 bits per heavy atom. The van der Waals surface area contributed by atoms with Crippen LogP contribution in [0.25, 0.3) is 0 Å². The highest BCUT2D eigenvalue weighted by Gasteiger charge is 2.23. The normalized spacial score (nSPS) is 18.2. The van der Waals surface area contributed by atoms with Gasteiger partial charge < -0.3 is 5.32 Å². The van der Waals surface area contributed by atoms with Gasteiger partial charge in [-0.1, -0.05) is 29.3 Å². The lowest BCUT2D eigenvalue weighted by Crippen LogP contribution is -2.20. The Kier molecular flexibility index (Phi) is 3.01. The Morgan fingerprint density at radius 3 is 2.64 bits per heavy atom. The Hall–Kier alpha value is -0.240. The molecule has 2 rings (SSSR count). The van der Waals surface area contributed by atoms with Gasteiger partial charge in [-0.15, -0.1) is 0 Å². The zero-order valence-electron chi connectivity index (χ0n) is 8.06. The number of nitrogens with one attached hydrogen (secondary N) is 1. The zero-order valence-corrected chi connectivity index (χ0v) is 9.57. The van der Waals surface area contributed by atoms with Crippen molar-refractivity contribution >= 4 is 23.2 Å². The molecule has 0 bridgehead atoms. The van der Waals surface area contributed by atoms with Gasteiger partial charge in [-0.2, -0.15) is 0 Å². The third-order valence-electron chi connectivity index (χ3n) is 2.49. The molecule has 0 aromatic heterocycles. The third kappa shape index (κ3) is 2.41. The van der Waals surface area contributed by atoms with Gasteiger partial charge in [0.2, 0.25) is 0 Å². The summed E-state index contributed by atoms with van der Waals surface area (Å²) in [5.74, 6) is 0. The third-order valence-corrected chi connectivity index (χ3v) is 3.05. The summed E-state index contributed by atoms with van der Waals surface area (Å²) in [4.78, 5) is 0. The molecule has 0 heterocycles. The second-order valence-corrected chi connectivity index (χ2v) is 4.67. The summed E-state index contributed by atoms with van der Waals surface area (Å²) in [5, 5.41) is 4.94. The molecule has 0 amide bonds. The molecule has 0 saturated heterocycles. The van der Waals surface area contributed by atoms with Gasteiger partial charge in [0.05, 0.1) is 0 Å². The lowest BCUT2D eigenvalue weighted by Gasteiger charge is -2.15. The van der Waals surface area contributed by atoms with Crippen LogP contribution in [0.3, 0.4) is 0 Å². The maximum absolute atomic E-state index is 6.10.